The van der Waals surface area contributed by atoms with Crippen LogP contribution in [0.1, 0.15) is 113 Å². The fraction of sp³-hybridized carbons (Fsp3) is 0.824. The lowest BCUT2D eigenvalue weighted by molar-refractivity contribution is 0.0903. The van der Waals surface area contributed by atoms with Crippen molar-refractivity contribution in [1.82, 2.24) is 0 Å². The van der Waals surface area contributed by atoms with Crippen LogP contribution in [0.15, 0.2) is 35.5 Å². The van der Waals surface area contributed by atoms with Gasteiger partial charge in [-0.15, -0.1) is 0 Å². The smallest absolute Gasteiger partial charge is 0.192 e. The molecule has 3 aliphatic rings. The second kappa shape index (κ2) is 11.8. The van der Waals surface area contributed by atoms with Gasteiger partial charge in [-0.3, -0.25) is 0 Å². The van der Waals surface area contributed by atoms with Crippen molar-refractivity contribution in [2.75, 3.05) is 0 Å². The molecule has 0 aromatic heterocycles. The summed E-state index contributed by atoms with van der Waals surface area (Å²) in [5.74, 6) is 3.99. The van der Waals surface area contributed by atoms with Crippen LogP contribution in [-0.2, 0) is 4.43 Å². The second-order valence-corrected chi connectivity index (χ2v) is 20.0. The number of fused-ring (bicyclic) bond motifs is 1. The highest BCUT2D eigenvalue weighted by molar-refractivity contribution is 6.74. The molecule has 3 aliphatic carbocycles. The van der Waals surface area contributed by atoms with Crippen molar-refractivity contribution < 1.29 is 9.53 Å². The maximum atomic E-state index is 10.8. The fourth-order valence-electron chi connectivity index (χ4n) is 7.41. The SMILES string of the molecule is C=C1C(=CC=C2CCCC3(C)C2CCC3C(C)CCC(C)C(C)C)CC(O[Si](C)(C)C(C)(C)C)CC1O. The highest BCUT2D eigenvalue weighted by atomic mass is 28.4. The first-order valence-electron chi connectivity index (χ1n) is 15.5. The van der Waals surface area contributed by atoms with Crippen molar-refractivity contribution in [1.29, 1.82) is 0 Å². The number of allylic oxidation sites excluding steroid dienone is 3. The van der Waals surface area contributed by atoms with Crippen molar-refractivity contribution in [2.24, 2.45) is 35.0 Å². The summed E-state index contributed by atoms with van der Waals surface area (Å²) in [5, 5.41) is 11.0. The zero-order chi connectivity index (χ0) is 27.8. The van der Waals surface area contributed by atoms with E-state index in [0.29, 0.717) is 17.8 Å². The predicted molar refractivity (Wildman–Crippen MR) is 163 cm³/mol. The van der Waals surface area contributed by atoms with Gasteiger partial charge in [-0.05, 0) is 103 Å². The van der Waals surface area contributed by atoms with Crippen LogP contribution >= 0.6 is 0 Å². The average Bonchev–Trinajstić information content (AvgIpc) is 3.15. The molecule has 0 saturated heterocycles. The number of hydrogen-bond donors (Lipinski definition) is 1. The monoisotopic (exact) mass is 528 g/mol. The Hall–Kier alpha value is -0.643. The van der Waals surface area contributed by atoms with E-state index in [0.717, 1.165) is 35.7 Å². The van der Waals surface area contributed by atoms with Crippen LogP contribution in [0, 0.1) is 35.0 Å². The molecule has 1 N–H and O–H groups in total. The minimum Gasteiger partial charge on any atom is -0.413 e. The van der Waals surface area contributed by atoms with Crippen LogP contribution in [0.4, 0.5) is 0 Å². The minimum absolute atomic E-state index is 0.0904. The zero-order valence-electron chi connectivity index (χ0n) is 26.1. The Balaban J connectivity index is 1.74. The molecule has 0 radical (unpaired) electrons. The Morgan fingerprint density at radius 1 is 1.11 bits per heavy atom. The predicted octanol–water partition coefficient (Wildman–Crippen LogP) is 9.87. The van der Waals surface area contributed by atoms with Gasteiger partial charge in [0.1, 0.15) is 0 Å². The molecule has 7 atom stereocenters. The van der Waals surface area contributed by atoms with Gasteiger partial charge < -0.3 is 9.53 Å². The summed E-state index contributed by atoms with van der Waals surface area (Å²) in [4.78, 5) is 0. The molecule has 2 nitrogen and oxygen atoms in total. The molecular formula is C34H60O2Si. The summed E-state index contributed by atoms with van der Waals surface area (Å²) in [6.45, 7) is 28.1. The summed E-state index contributed by atoms with van der Waals surface area (Å²) in [6.07, 6.45) is 15.3. The lowest BCUT2D eigenvalue weighted by Gasteiger charge is -2.44. The first kappa shape index (κ1) is 30.9. The summed E-state index contributed by atoms with van der Waals surface area (Å²) in [7, 11) is -1.88. The average molecular weight is 529 g/mol. The number of hydrogen-bond acceptors (Lipinski definition) is 2. The van der Waals surface area contributed by atoms with Gasteiger partial charge >= 0.3 is 0 Å². The molecule has 0 aromatic rings. The van der Waals surface area contributed by atoms with Gasteiger partial charge in [0.15, 0.2) is 8.32 Å². The Kier molecular flexibility index (Phi) is 9.89. The maximum Gasteiger partial charge on any atom is 0.192 e. The molecule has 3 heteroatoms. The second-order valence-electron chi connectivity index (χ2n) is 15.3. The normalized spacial score (nSPS) is 35.3. The quantitative estimate of drug-likeness (QED) is 0.318. The van der Waals surface area contributed by atoms with Crippen molar-refractivity contribution in [3.63, 3.8) is 0 Å². The van der Waals surface area contributed by atoms with E-state index >= 15 is 0 Å². The van der Waals surface area contributed by atoms with Crippen molar-refractivity contribution in [3.8, 4) is 0 Å². The Morgan fingerprint density at radius 2 is 1.78 bits per heavy atom. The summed E-state index contributed by atoms with van der Waals surface area (Å²) in [5.41, 5.74) is 4.21. The molecule has 0 aromatic carbocycles. The summed E-state index contributed by atoms with van der Waals surface area (Å²) < 4.78 is 6.74. The molecule has 0 aliphatic heterocycles. The molecule has 7 unspecified atom stereocenters. The molecule has 0 spiro atoms. The molecule has 3 rings (SSSR count). The van der Waals surface area contributed by atoms with Gasteiger partial charge in [-0.2, -0.15) is 0 Å². The van der Waals surface area contributed by atoms with E-state index in [1.807, 2.05) is 0 Å². The van der Waals surface area contributed by atoms with Crippen LogP contribution in [-0.4, -0.2) is 25.6 Å². The Morgan fingerprint density at radius 3 is 2.41 bits per heavy atom. The number of rotatable bonds is 8. The summed E-state index contributed by atoms with van der Waals surface area (Å²) >= 11 is 0. The third-order valence-electron chi connectivity index (χ3n) is 11.5. The molecule has 3 saturated carbocycles. The lowest BCUT2D eigenvalue weighted by atomic mass is 9.60. The molecule has 212 valence electrons. The van der Waals surface area contributed by atoms with Crippen LogP contribution < -0.4 is 0 Å². The fourth-order valence-corrected chi connectivity index (χ4v) is 8.77. The van der Waals surface area contributed by atoms with E-state index in [1.165, 1.54) is 50.5 Å². The van der Waals surface area contributed by atoms with Crippen LogP contribution in [0.5, 0.6) is 0 Å². The largest absolute Gasteiger partial charge is 0.413 e. The van der Waals surface area contributed by atoms with Gasteiger partial charge in [0, 0.05) is 6.42 Å². The highest BCUT2D eigenvalue weighted by Crippen LogP contribution is 2.60. The van der Waals surface area contributed by atoms with Gasteiger partial charge in [0.25, 0.3) is 0 Å². The summed E-state index contributed by atoms with van der Waals surface area (Å²) in [6, 6.07) is 0. The van der Waals surface area contributed by atoms with E-state index in [-0.39, 0.29) is 11.1 Å². The lowest BCUT2D eigenvalue weighted by Crippen LogP contribution is -2.46. The van der Waals surface area contributed by atoms with E-state index in [4.69, 9.17) is 4.43 Å². The standard InChI is InChI=1S/C34H60O2Si/c1-23(2)24(3)14-15-25(4)30-18-19-31-27(13-12-20-34(30,31)9)16-17-28-21-29(22-32(35)26(28)5)36-37(10,11)33(6,7)8/h16-17,23-25,29-32,35H,5,12-15,18-22H2,1-4,6-11H3. The van der Waals surface area contributed by atoms with Crippen molar-refractivity contribution in [3.05, 3.63) is 35.5 Å². The Bertz CT molecular complexity index is 860. The molecule has 0 heterocycles. The zero-order valence-corrected chi connectivity index (χ0v) is 27.1. The topological polar surface area (TPSA) is 29.5 Å². The Labute approximate surface area is 231 Å². The van der Waals surface area contributed by atoms with E-state index in [1.54, 1.807) is 5.57 Å². The van der Waals surface area contributed by atoms with Gasteiger partial charge in [-0.25, -0.2) is 0 Å². The molecule has 0 amide bonds. The van der Waals surface area contributed by atoms with Gasteiger partial charge in [0.05, 0.1) is 12.2 Å². The minimum atomic E-state index is -1.88. The molecule has 0 bridgehead atoms. The maximum absolute atomic E-state index is 10.8. The van der Waals surface area contributed by atoms with Crippen LogP contribution in [0.25, 0.3) is 0 Å². The van der Waals surface area contributed by atoms with Crippen LogP contribution in [0.2, 0.25) is 18.1 Å². The van der Waals surface area contributed by atoms with Crippen molar-refractivity contribution in [2.45, 2.75) is 144 Å². The van der Waals surface area contributed by atoms with Gasteiger partial charge in [-0.1, -0.05) is 92.5 Å². The number of aliphatic hydroxyl groups is 1. The van der Waals surface area contributed by atoms with E-state index in [2.05, 4.69) is 87.2 Å². The van der Waals surface area contributed by atoms with Crippen LogP contribution in [0.3, 0.4) is 0 Å². The highest BCUT2D eigenvalue weighted by Gasteiger charge is 2.50. The van der Waals surface area contributed by atoms with E-state index in [9.17, 15) is 5.11 Å². The molecule has 37 heavy (non-hydrogen) atoms. The molecule has 3 fully saturated rings. The first-order valence-corrected chi connectivity index (χ1v) is 18.4. The molecular weight excluding hydrogens is 468 g/mol. The van der Waals surface area contributed by atoms with E-state index < -0.39 is 14.4 Å². The first-order chi connectivity index (χ1) is 17.1. The third-order valence-corrected chi connectivity index (χ3v) is 16.0. The van der Waals surface area contributed by atoms with Crippen molar-refractivity contribution >= 4 is 8.32 Å². The number of aliphatic hydroxyl groups excluding tert-OH is 1. The van der Waals surface area contributed by atoms with Gasteiger partial charge in [0.2, 0.25) is 0 Å². The third kappa shape index (κ3) is 6.93.